The Morgan fingerprint density at radius 2 is 2.11 bits per heavy atom. The lowest BCUT2D eigenvalue weighted by Gasteiger charge is -2.03. The predicted octanol–water partition coefficient (Wildman–Crippen LogP) is 2.74. The van der Waals surface area contributed by atoms with Crippen molar-refractivity contribution in [3.05, 3.63) is 54.0 Å². The lowest BCUT2D eigenvalue weighted by Crippen LogP contribution is -1.93. The van der Waals surface area contributed by atoms with Gasteiger partial charge in [-0.15, -0.1) is 10.2 Å². The van der Waals surface area contributed by atoms with Crippen molar-refractivity contribution >= 4 is 23.1 Å². The number of anilines is 1. The van der Waals surface area contributed by atoms with Gasteiger partial charge < -0.3 is 5.73 Å². The number of nitrogen functional groups attached to an aromatic ring is 1. The molecule has 0 aliphatic carbocycles. The van der Waals surface area contributed by atoms with E-state index in [0.717, 1.165) is 10.8 Å². The highest BCUT2D eigenvalue weighted by Crippen LogP contribution is 2.23. The third-order valence-corrected chi connectivity index (χ3v) is 3.71. The summed E-state index contributed by atoms with van der Waals surface area (Å²) in [4.78, 5) is 0. The van der Waals surface area contributed by atoms with E-state index < -0.39 is 0 Å². The predicted molar refractivity (Wildman–Crippen MR) is 73.4 cm³/mol. The Morgan fingerprint density at radius 3 is 2.95 bits per heavy atom. The maximum Gasteiger partial charge on any atom is 0.195 e. The van der Waals surface area contributed by atoms with E-state index >= 15 is 0 Å². The fourth-order valence-electron chi connectivity index (χ4n) is 1.74. The van der Waals surface area contributed by atoms with E-state index in [0.29, 0.717) is 17.0 Å². The molecule has 96 valence electrons. The number of nitrogens with two attached hydrogens (primary N) is 1. The van der Waals surface area contributed by atoms with Crippen LogP contribution in [0.4, 0.5) is 10.1 Å². The molecule has 0 aliphatic heterocycles. The molecule has 0 saturated heterocycles. The Balaban J connectivity index is 1.82. The van der Waals surface area contributed by atoms with Crippen molar-refractivity contribution < 1.29 is 4.39 Å². The molecule has 2 heterocycles. The number of nitrogens with zero attached hydrogens (tertiary/aromatic N) is 3. The van der Waals surface area contributed by atoms with Crippen LogP contribution in [0.25, 0.3) is 5.65 Å². The highest BCUT2D eigenvalue weighted by Gasteiger charge is 2.08. The molecule has 6 heteroatoms. The standard InChI is InChI=1S/C13H11FN4S/c14-11-7-10(15)5-4-9(11)8-19-13-17-16-12-3-1-2-6-18(12)13/h1-7H,8,15H2. The normalized spacial score (nSPS) is 11.0. The molecule has 2 N–H and O–H groups in total. The van der Waals surface area contributed by atoms with Crippen molar-refractivity contribution in [3.8, 4) is 0 Å². The van der Waals surface area contributed by atoms with Crippen LogP contribution in [0.15, 0.2) is 47.8 Å². The van der Waals surface area contributed by atoms with Gasteiger partial charge in [0.25, 0.3) is 0 Å². The third-order valence-electron chi connectivity index (χ3n) is 2.72. The van der Waals surface area contributed by atoms with Gasteiger partial charge >= 0.3 is 0 Å². The first-order chi connectivity index (χ1) is 9.24. The van der Waals surface area contributed by atoms with Crippen molar-refractivity contribution in [2.75, 3.05) is 5.73 Å². The maximum atomic E-state index is 13.7. The average molecular weight is 274 g/mol. The second-order valence-corrected chi connectivity index (χ2v) is 4.99. The molecule has 0 fully saturated rings. The van der Waals surface area contributed by atoms with Crippen molar-refractivity contribution in [1.29, 1.82) is 0 Å². The quantitative estimate of drug-likeness (QED) is 0.589. The molecule has 0 bridgehead atoms. The summed E-state index contributed by atoms with van der Waals surface area (Å²) in [5.74, 6) is 0.197. The molecule has 19 heavy (non-hydrogen) atoms. The Hall–Kier alpha value is -2.08. The van der Waals surface area contributed by atoms with E-state index in [1.807, 2.05) is 28.8 Å². The summed E-state index contributed by atoms with van der Waals surface area (Å²) in [6.07, 6.45) is 1.89. The SMILES string of the molecule is Nc1ccc(CSc2nnc3ccccn23)c(F)c1. The monoisotopic (exact) mass is 274 g/mol. The van der Waals surface area contributed by atoms with Crippen molar-refractivity contribution in [1.82, 2.24) is 14.6 Å². The first-order valence-corrected chi connectivity index (χ1v) is 6.69. The highest BCUT2D eigenvalue weighted by molar-refractivity contribution is 7.98. The largest absolute Gasteiger partial charge is 0.399 e. The van der Waals surface area contributed by atoms with Gasteiger partial charge in [0, 0.05) is 17.6 Å². The molecular formula is C13H11FN4S. The lowest BCUT2D eigenvalue weighted by molar-refractivity contribution is 0.618. The highest BCUT2D eigenvalue weighted by atomic mass is 32.2. The molecule has 3 aromatic rings. The number of hydrogen-bond acceptors (Lipinski definition) is 4. The molecule has 0 spiro atoms. The summed E-state index contributed by atoms with van der Waals surface area (Å²) in [5.41, 5.74) is 7.33. The first-order valence-electron chi connectivity index (χ1n) is 5.70. The Bertz CT molecular complexity index is 725. The van der Waals surface area contributed by atoms with Crippen LogP contribution < -0.4 is 5.73 Å². The van der Waals surface area contributed by atoms with Crippen LogP contribution >= 0.6 is 11.8 Å². The van der Waals surface area contributed by atoms with Crippen LogP contribution in [0.2, 0.25) is 0 Å². The van der Waals surface area contributed by atoms with E-state index in [1.54, 1.807) is 12.1 Å². The Morgan fingerprint density at radius 1 is 1.21 bits per heavy atom. The van der Waals surface area contributed by atoms with Gasteiger partial charge in [-0.3, -0.25) is 4.40 Å². The smallest absolute Gasteiger partial charge is 0.195 e. The van der Waals surface area contributed by atoms with E-state index in [-0.39, 0.29) is 5.82 Å². The fourth-order valence-corrected chi connectivity index (χ4v) is 2.65. The zero-order valence-electron chi connectivity index (χ0n) is 9.95. The minimum absolute atomic E-state index is 0.290. The van der Waals surface area contributed by atoms with Crippen LogP contribution in [0, 0.1) is 5.82 Å². The number of halogens is 1. The molecule has 2 aromatic heterocycles. The van der Waals surface area contributed by atoms with Crippen LogP contribution in [0.5, 0.6) is 0 Å². The van der Waals surface area contributed by atoms with Gasteiger partial charge in [0.2, 0.25) is 0 Å². The minimum Gasteiger partial charge on any atom is -0.399 e. The first kappa shape index (κ1) is 12.0. The van der Waals surface area contributed by atoms with Crippen LogP contribution in [0.3, 0.4) is 0 Å². The van der Waals surface area contributed by atoms with Crippen LogP contribution in [-0.4, -0.2) is 14.6 Å². The summed E-state index contributed by atoms with van der Waals surface area (Å²) in [5, 5.41) is 8.87. The summed E-state index contributed by atoms with van der Waals surface area (Å²) in [6, 6.07) is 10.4. The third kappa shape index (κ3) is 2.39. The summed E-state index contributed by atoms with van der Waals surface area (Å²) >= 11 is 1.44. The van der Waals surface area contributed by atoms with Gasteiger partial charge in [0.15, 0.2) is 10.8 Å². The molecule has 0 amide bonds. The fraction of sp³-hybridized carbons (Fsp3) is 0.0769. The van der Waals surface area contributed by atoms with Crippen LogP contribution in [0.1, 0.15) is 5.56 Å². The van der Waals surface area contributed by atoms with Gasteiger partial charge in [-0.05, 0) is 29.8 Å². The van der Waals surface area contributed by atoms with E-state index in [4.69, 9.17) is 5.73 Å². The van der Waals surface area contributed by atoms with E-state index in [1.165, 1.54) is 17.8 Å². The van der Waals surface area contributed by atoms with E-state index in [2.05, 4.69) is 10.2 Å². The zero-order valence-corrected chi connectivity index (χ0v) is 10.8. The Labute approximate surface area is 113 Å². The molecule has 0 unspecified atom stereocenters. The molecule has 4 nitrogen and oxygen atoms in total. The number of aromatic nitrogens is 3. The Kier molecular flexibility index (Phi) is 3.08. The molecule has 0 radical (unpaired) electrons. The van der Waals surface area contributed by atoms with Gasteiger partial charge in [0.05, 0.1) is 0 Å². The van der Waals surface area contributed by atoms with Gasteiger partial charge in [0.1, 0.15) is 5.82 Å². The minimum atomic E-state index is -0.290. The van der Waals surface area contributed by atoms with Crippen molar-refractivity contribution in [2.24, 2.45) is 0 Å². The van der Waals surface area contributed by atoms with Crippen molar-refractivity contribution in [2.45, 2.75) is 10.9 Å². The molecule has 1 aromatic carbocycles. The number of hydrogen-bond donors (Lipinski definition) is 1. The molecule has 0 saturated carbocycles. The zero-order chi connectivity index (χ0) is 13.2. The summed E-state index contributed by atoms with van der Waals surface area (Å²) < 4.78 is 15.5. The number of thioether (sulfide) groups is 1. The van der Waals surface area contributed by atoms with Crippen molar-refractivity contribution in [3.63, 3.8) is 0 Å². The topological polar surface area (TPSA) is 56.2 Å². The molecule has 3 rings (SSSR count). The van der Waals surface area contributed by atoms with E-state index in [9.17, 15) is 4.39 Å². The number of pyridine rings is 1. The maximum absolute atomic E-state index is 13.7. The number of rotatable bonds is 3. The van der Waals surface area contributed by atoms with Gasteiger partial charge in [-0.25, -0.2) is 4.39 Å². The summed E-state index contributed by atoms with van der Waals surface area (Å²) in [6.45, 7) is 0. The molecule has 0 aliphatic rings. The summed E-state index contributed by atoms with van der Waals surface area (Å²) in [7, 11) is 0. The average Bonchev–Trinajstić information content (AvgIpc) is 2.81. The second kappa shape index (κ2) is 4.89. The van der Waals surface area contributed by atoms with Gasteiger partial charge in [-0.2, -0.15) is 0 Å². The number of fused-ring (bicyclic) bond motifs is 1. The molecule has 0 atom stereocenters. The van der Waals surface area contributed by atoms with Gasteiger partial charge in [-0.1, -0.05) is 23.9 Å². The lowest BCUT2D eigenvalue weighted by atomic mass is 10.2. The number of benzene rings is 1. The van der Waals surface area contributed by atoms with Crippen LogP contribution in [-0.2, 0) is 5.75 Å². The molecular weight excluding hydrogens is 263 g/mol. The second-order valence-electron chi connectivity index (χ2n) is 4.05.